The molecule has 0 saturated heterocycles. The number of carbonyl (C=O) groups is 2. The lowest BCUT2D eigenvalue weighted by Crippen LogP contribution is -2.37. The van der Waals surface area contributed by atoms with Crippen molar-refractivity contribution in [2.45, 2.75) is 45.6 Å². The van der Waals surface area contributed by atoms with Gasteiger partial charge >= 0.3 is 5.97 Å². The fourth-order valence-electron chi connectivity index (χ4n) is 4.90. The molecule has 3 aromatic carbocycles. The van der Waals surface area contributed by atoms with Crippen LogP contribution in [0, 0.1) is 6.92 Å². The number of anilines is 2. The molecule has 0 radical (unpaired) electrons. The predicted molar refractivity (Wildman–Crippen MR) is 138 cm³/mol. The standard InChI is InChI=1S/C29H29N3O4/c1-18-6-3-4-9-24(18)30-29-31-25-11-10-20(15-26(25)36-29)16-27(33)32-13-12-21-7-5-8-22(23(21)17-32)19(2)14-28(34)35/h3-11,15,19H,12-14,16-17H2,1-2H3,(H,30,31)(H,34,35). The summed E-state index contributed by atoms with van der Waals surface area (Å²) in [6, 6.07) is 20.1. The molecule has 0 aliphatic carbocycles. The number of carboxylic acid groups (broad SMARTS) is 1. The van der Waals surface area contributed by atoms with E-state index in [0.29, 0.717) is 24.7 Å². The highest BCUT2D eigenvalue weighted by Crippen LogP contribution is 2.30. The Balaban J connectivity index is 1.30. The summed E-state index contributed by atoms with van der Waals surface area (Å²) in [6.45, 7) is 5.10. The maximum Gasteiger partial charge on any atom is 0.303 e. The maximum atomic E-state index is 13.2. The van der Waals surface area contributed by atoms with E-state index in [1.807, 2.05) is 73.3 Å². The smallest absolute Gasteiger partial charge is 0.303 e. The molecule has 1 unspecified atom stereocenters. The highest BCUT2D eigenvalue weighted by Gasteiger charge is 2.25. The lowest BCUT2D eigenvalue weighted by atomic mass is 9.87. The number of aliphatic carboxylic acids is 1. The van der Waals surface area contributed by atoms with Gasteiger partial charge in [-0.2, -0.15) is 4.98 Å². The molecule has 2 heterocycles. The van der Waals surface area contributed by atoms with Crippen molar-refractivity contribution in [1.82, 2.24) is 9.88 Å². The van der Waals surface area contributed by atoms with Crippen LogP contribution in [0.25, 0.3) is 11.1 Å². The number of nitrogens with zero attached hydrogens (tertiary/aromatic N) is 2. The minimum atomic E-state index is -0.816. The monoisotopic (exact) mass is 483 g/mol. The van der Waals surface area contributed by atoms with Crippen LogP contribution in [0.1, 0.15) is 47.1 Å². The SMILES string of the molecule is Cc1ccccc1Nc1nc2ccc(CC(=O)N3CCc4cccc(C(C)CC(=O)O)c4C3)cc2o1. The molecular weight excluding hydrogens is 454 g/mol. The van der Waals surface area contributed by atoms with E-state index in [2.05, 4.69) is 16.4 Å². The van der Waals surface area contributed by atoms with Gasteiger partial charge in [-0.3, -0.25) is 9.59 Å². The fourth-order valence-corrected chi connectivity index (χ4v) is 4.90. The van der Waals surface area contributed by atoms with Crippen molar-refractivity contribution in [1.29, 1.82) is 0 Å². The molecular formula is C29H29N3O4. The van der Waals surface area contributed by atoms with E-state index < -0.39 is 5.97 Å². The summed E-state index contributed by atoms with van der Waals surface area (Å²) >= 11 is 0. The number of amides is 1. The van der Waals surface area contributed by atoms with E-state index in [1.165, 1.54) is 5.56 Å². The van der Waals surface area contributed by atoms with Gasteiger partial charge in [0, 0.05) is 18.8 Å². The molecule has 36 heavy (non-hydrogen) atoms. The van der Waals surface area contributed by atoms with Gasteiger partial charge in [-0.1, -0.05) is 49.4 Å². The first-order valence-electron chi connectivity index (χ1n) is 12.2. The normalized spacial score (nSPS) is 13.9. The van der Waals surface area contributed by atoms with Gasteiger partial charge in [0.25, 0.3) is 6.01 Å². The summed E-state index contributed by atoms with van der Waals surface area (Å²) in [5, 5.41) is 12.5. The molecule has 7 heteroatoms. The second-order valence-corrected chi connectivity index (χ2v) is 9.49. The zero-order valence-electron chi connectivity index (χ0n) is 20.5. The van der Waals surface area contributed by atoms with E-state index in [-0.39, 0.29) is 24.7 Å². The molecule has 1 aliphatic rings. The van der Waals surface area contributed by atoms with E-state index >= 15 is 0 Å². The Morgan fingerprint density at radius 3 is 2.78 bits per heavy atom. The van der Waals surface area contributed by atoms with Crippen molar-refractivity contribution in [3.8, 4) is 0 Å². The molecule has 184 valence electrons. The number of carboxylic acids is 1. The zero-order valence-corrected chi connectivity index (χ0v) is 20.5. The van der Waals surface area contributed by atoms with Gasteiger partial charge in [0.1, 0.15) is 5.52 Å². The van der Waals surface area contributed by atoms with Crippen LogP contribution in [0.5, 0.6) is 0 Å². The molecule has 0 saturated carbocycles. The van der Waals surface area contributed by atoms with Crippen LogP contribution in [0.15, 0.2) is 65.1 Å². The van der Waals surface area contributed by atoms with Crippen LogP contribution in [0.3, 0.4) is 0 Å². The van der Waals surface area contributed by atoms with Crippen molar-refractivity contribution in [3.05, 3.63) is 88.5 Å². The molecule has 1 atom stereocenters. The molecule has 0 bridgehead atoms. The summed E-state index contributed by atoms with van der Waals surface area (Å²) < 4.78 is 5.92. The molecule has 4 aromatic rings. The number of benzene rings is 3. The summed E-state index contributed by atoms with van der Waals surface area (Å²) in [5.41, 5.74) is 7.55. The number of fused-ring (bicyclic) bond motifs is 2. The number of oxazole rings is 1. The molecule has 1 aliphatic heterocycles. The minimum Gasteiger partial charge on any atom is -0.481 e. The molecule has 5 rings (SSSR count). The van der Waals surface area contributed by atoms with Crippen LogP contribution < -0.4 is 5.32 Å². The van der Waals surface area contributed by atoms with Crippen LogP contribution in [-0.4, -0.2) is 33.4 Å². The van der Waals surface area contributed by atoms with Gasteiger partial charge in [-0.05, 0) is 65.3 Å². The van der Waals surface area contributed by atoms with Crippen molar-refractivity contribution < 1.29 is 19.1 Å². The van der Waals surface area contributed by atoms with E-state index in [4.69, 9.17) is 4.42 Å². The van der Waals surface area contributed by atoms with Gasteiger partial charge < -0.3 is 19.7 Å². The lowest BCUT2D eigenvalue weighted by Gasteiger charge is -2.31. The van der Waals surface area contributed by atoms with E-state index in [0.717, 1.165) is 39.9 Å². The van der Waals surface area contributed by atoms with Crippen molar-refractivity contribution in [3.63, 3.8) is 0 Å². The van der Waals surface area contributed by atoms with Crippen LogP contribution in [0.4, 0.5) is 11.7 Å². The molecule has 0 spiro atoms. The van der Waals surface area contributed by atoms with Crippen molar-refractivity contribution in [2.24, 2.45) is 0 Å². The van der Waals surface area contributed by atoms with Crippen molar-refractivity contribution in [2.75, 3.05) is 11.9 Å². The number of aromatic nitrogens is 1. The number of para-hydroxylation sites is 1. The minimum absolute atomic E-state index is 0.0402. The Hall–Kier alpha value is -4.13. The topological polar surface area (TPSA) is 95.7 Å². The van der Waals surface area contributed by atoms with Gasteiger partial charge in [0.2, 0.25) is 5.91 Å². The third-order valence-electron chi connectivity index (χ3n) is 6.87. The Morgan fingerprint density at radius 1 is 1.14 bits per heavy atom. The van der Waals surface area contributed by atoms with Gasteiger partial charge in [-0.25, -0.2) is 0 Å². The molecule has 1 aromatic heterocycles. The van der Waals surface area contributed by atoms with E-state index in [1.54, 1.807) is 0 Å². The maximum absolute atomic E-state index is 13.2. The Morgan fingerprint density at radius 2 is 1.97 bits per heavy atom. The Labute approximate surface area is 209 Å². The molecule has 1 amide bonds. The zero-order chi connectivity index (χ0) is 25.2. The summed E-state index contributed by atoms with van der Waals surface area (Å²) in [5.74, 6) is -0.883. The van der Waals surface area contributed by atoms with Crippen LogP contribution in [-0.2, 0) is 29.0 Å². The number of nitrogens with one attached hydrogen (secondary N) is 1. The van der Waals surface area contributed by atoms with Crippen LogP contribution in [0.2, 0.25) is 0 Å². The third kappa shape index (κ3) is 4.96. The van der Waals surface area contributed by atoms with Crippen molar-refractivity contribution >= 4 is 34.7 Å². The number of aryl methyl sites for hydroxylation is 1. The number of carbonyl (C=O) groups excluding carboxylic acids is 1. The van der Waals surface area contributed by atoms with Gasteiger partial charge in [0.05, 0.1) is 12.8 Å². The van der Waals surface area contributed by atoms with E-state index in [9.17, 15) is 14.7 Å². The number of hydrogen-bond donors (Lipinski definition) is 2. The summed E-state index contributed by atoms with van der Waals surface area (Å²) in [7, 11) is 0. The summed E-state index contributed by atoms with van der Waals surface area (Å²) in [4.78, 5) is 30.9. The molecule has 0 fully saturated rings. The first kappa shape index (κ1) is 23.6. The van der Waals surface area contributed by atoms with Crippen LogP contribution >= 0.6 is 0 Å². The largest absolute Gasteiger partial charge is 0.481 e. The predicted octanol–water partition coefficient (Wildman–Crippen LogP) is 5.59. The second-order valence-electron chi connectivity index (χ2n) is 9.49. The number of hydrogen-bond acceptors (Lipinski definition) is 5. The quantitative estimate of drug-likeness (QED) is 0.356. The average Bonchev–Trinajstić information content (AvgIpc) is 3.26. The average molecular weight is 484 g/mol. The number of rotatable bonds is 7. The fraction of sp³-hybridized carbons (Fsp3) is 0.276. The molecule has 2 N–H and O–H groups in total. The highest BCUT2D eigenvalue weighted by atomic mass is 16.4. The lowest BCUT2D eigenvalue weighted by molar-refractivity contribution is -0.137. The highest BCUT2D eigenvalue weighted by molar-refractivity contribution is 5.82. The molecule has 7 nitrogen and oxygen atoms in total. The summed E-state index contributed by atoms with van der Waals surface area (Å²) in [6.07, 6.45) is 1.10. The third-order valence-corrected chi connectivity index (χ3v) is 6.87. The second kappa shape index (κ2) is 9.85. The first-order valence-corrected chi connectivity index (χ1v) is 12.2. The Kier molecular flexibility index (Phi) is 6.46. The first-order chi connectivity index (χ1) is 17.4. The Bertz CT molecular complexity index is 1440. The van der Waals surface area contributed by atoms with Gasteiger partial charge in [0.15, 0.2) is 5.58 Å². The van der Waals surface area contributed by atoms with Gasteiger partial charge in [-0.15, -0.1) is 0 Å².